The van der Waals surface area contributed by atoms with Crippen LogP contribution in [0.1, 0.15) is 57.7 Å². The van der Waals surface area contributed by atoms with Crippen molar-refractivity contribution in [1.82, 2.24) is 15.2 Å². The molecular formula is C16H29N3S. The van der Waals surface area contributed by atoms with Crippen molar-refractivity contribution in [2.75, 3.05) is 19.6 Å². The van der Waals surface area contributed by atoms with Gasteiger partial charge in [0.2, 0.25) is 0 Å². The molecule has 1 saturated heterocycles. The van der Waals surface area contributed by atoms with E-state index in [0.29, 0.717) is 6.04 Å². The Morgan fingerprint density at radius 3 is 2.90 bits per heavy atom. The molecule has 0 saturated carbocycles. The molecule has 1 unspecified atom stereocenters. The van der Waals surface area contributed by atoms with Crippen LogP contribution in [-0.2, 0) is 12.0 Å². The Morgan fingerprint density at radius 2 is 2.25 bits per heavy atom. The molecule has 0 amide bonds. The summed E-state index contributed by atoms with van der Waals surface area (Å²) in [5.41, 5.74) is 1.40. The summed E-state index contributed by atoms with van der Waals surface area (Å²) in [7, 11) is 0. The van der Waals surface area contributed by atoms with Crippen LogP contribution in [0.2, 0.25) is 0 Å². The number of aromatic nitrogens is 1. The third-order valence-corrected chi connectivity index (χ3v) is 4.80. The first-order valence-electron chi connectivity index (χ1n) is 7.90. The van der Waals surface area contributed by atoms with Crippen molar-refractivity contribution in [2.45, 2.75) is 65.0 Å². The minimum atomic E-state index is 0.168. The zero-order valence-corrected chi connectivity index (χ0v) is 14.2. The number of nitrogens with one attached hydrogen (secondary N) is 1. The summed E-state index contributed by atoms with van der Waals surface area (Å²) in [6, 6.07) is 0.698. The molecule has 0 aliphatic carbocycles. The zero-order valence-electron chi connectivity index (χ0n) is 13.4. The minimum absolute atomic E-state index is 0.168. The van der Waals surface area contributed by atoms with Crippen LogP contribution in [0.4, 0.5) is 0 Å². The van der Waals surface area contributed by atoms with Gasteiger partial charge in [0.05, 0.1) is 12.2 Å². The van der Waals surface area contributed by atoms with E-state index in [1.165, 1.54) is 36.5 Å². The number of hydrogen-bond donors (Lipinski definition) is 1. The largest absolute Gasteiger partial charge is 0.315 e. The van der Waals surface area contributed by atoms with Gasteiger partial charge in [0.1, 0.15) is 5.01 Å². The van der Waals surface area contributed by atoms with E-state index in [4.69, 9.17) is 4.98 Å². The first-order chi connectivity index (χ1) is 9.50. The Balaban J connectivity index is 1.90. The van der Waals surface area contributed by atoms with Crippen LogP contribution < -0.4 is 5.32 Å². The number of nitrogens with zero attached hydrogens (tertiary/aromatic N) is 2. The molecule has 4 heteroatoms. The maximum atomic E-state index is 4.83. The number of likely N-dealkylation sites (tertiary alicyclic amines) is 1. The minimum Gasteiger partial charge on any atom is -0.315 e. The van der Waals surface area contributed by atoms with Crippen molar-refractivity contribution >= 4 is 11.3 Å². The highest BCUT2D eigenvalue weighted by molar-refractivity contribution is 7.09. The average Bonchev–Trinajstić information content (AvgIpc) is 2.99. The van der Waals surface area contributed by atoms with Crippen molar-refractivity contribution in [3.63, 3.8) is 0 Å². The van der Waals surface area contributed by atoms with Crippen molar-refractivity contribution < 1.29 is 0 Å². The Hall–Kier alpha value is -0.450. The second-order valence-corrected chi connectivity index (χ2v) is 7.79. The van der Waals surface area contributed by atoms with Crippen LogP contribution in [0.5, 0.6) is 0 Å². The predicted molar refractivity (Wildman–Crippen MR) is 87.4 cm³/mol. The van der Waals surface area contributed by atoms with Gasteiger partial charge in [-0.1, -0.05) is 27.7 Å². The highest BCUT2D eigenvalue weighted by Crippen LogP contribution is 2.26. The van der Waals surface area contributed by atoms with Gasteiger partial charge in [-0.25, -0.2) is 4.98 Å². The third kappa shape index (κ3) is 4.27. The fourth-order valence-electron chi connectivity index (χ4n) is 2.68. The Morgan fingerprint density at radius 1 is 1.45 bits per heavy atom. The van der Waals surface area contributed by atoms with Crippen molar-refractivity contribution in [3.05, 3.63) is 16.1 Å². The Bertz CT molecular complexity index is 408. The van der Waals surface area contributed by atoms with E-state index in [1.54, 1.807) is 0 Å². The molecule has 1 N–H and O–H groups in total. The fourth-order valence-corrected chi connectivity index (χ4v) is 3.73. The van der Waals surface area contributed by atoms with Crippen molar-refractivity contribution in [1.29, 1.82) is 0 Å². The molecule has 1 aliphatic heterocycles. The average molecular weight is 295 g/mol. The molecule has 0 aromatic carbocycles. The van der Waals surface area contributed by atoms with Crippen molar-refractivity contribution in [2.24, 2.45) is 0 Å². The molecular weight excluding hydrogens is 266 g/mol. The SMILES string of the molecule is CCCNCC1CCCN1Cc1nc(C(C)(C)C)cs1. The molecule has 1 aromatic rings. The van der Waals surface area contributed by atoms with Gasteiger partial charge < -0.3 is 5.32 Å². The van der Waals surface area contributed by atoms with Gasteiger partial charge in [0, 0.05) is 23.4 Å². The summed E-state index contributed by atoms with van der Waals surface area (Å²) >= 11 is 1.82. The fraction of sp³-hybridized carbons (Fsp3) is 0.812. The van der Waals surface area contributed by atoms with Crippen LogP contribution in [0.3, 0.4) is 0 Å². The summed E-state index contributed by atoms with van der Waals surface area (Å²) < 4.78 is 0. The first-order valence-corrected chi connectivity index (χ1v) is 8.78. The van der Waals surface area contributed by atoms with Gasteiger partial charge in [-0.2, -0.15) is 0 Å². The standard InChI is InChI=1S/C16H29N3S/c1-5-8-17-10-13-7-6-9-19(13)11-15-18-14(12-20-15)16(2,3)4/h12-13,17H,5-11H2,1-4H3. The lowest BCUT2D eigenvalue weighted by molar-refractivity contribution is 0.239. The molecule has 114 valence electrons. The molecule has 0 bridgehead atoms. The number of rotatable bonds is 6. The number of thiazole rings is 1. The smallest absolute Gasteiger partial charge is 0.107 e. The van der Waals surface area contributed by atoms with Gasteiger partial charge in [-0.3, -0.25) is 4.90 Å². The lowest BCUT2D eigenvalue weighted by Gasteiger charge is -2.23. The molecule has 1 fully saturated rings. The van der Waals surface area contributed by atoms with Crippen molar-refractivity contribution in [3.8, 4) is 0 Å². The highest BCUT2D eigenvalue weighted by atomic mass is 32.1. The molecule has 1 aliphatic rings. The Kier molecular flexibility index (Phi) is 5.58. The lowest BCUT2D eigenvalue weighted by Crippen LogP contribution is -2.37. The van der Waals surface area contributed by atoms with Crippen LogP contribution in [0, 0.1) is 0 Å². The van der Waals surface area contributed by atoms with E-state index in [1.807, 2.05) is 11.3 Å². The number of hydrogen-bond acceptors (Lipinski definition) is 4. The molecule has 3 nitrogen and oxygen atoms in total. The van der Waals surface area contributed by atoms with Crippen LogP contribution in [-0.4, -0.2) is 35.6 Å². The van der Waals surface area contributed by atoms with Gasteiger partial charge in [-0.05, 0) is 32.4 Å². The first kappa shape index (κ1) is 15.9. The highest BCUT2D eigenvalue weighted by Gasteiger charge is 2.25. The second-order valence-electron chi connectivity index (χ2n) is 6.85. The van der Waals surface area contributed by atoms with E-state index in [2.05, 4.69) is 43.3 Å². The molecule has 0 radical (unpaired) electrons. The predicted octanol–water partition coefficient (Wildman–Crippen LogP) is 3.40. The summed E-state index contributed by atoms with van der Waals surface area (Å²) in [5, 5.41) is 7.07. The van der Waals surface area contributed by atoms with Crippen LogP contribution in [0.25, 0.3) is 0 Å². The summed E-state index contributed by atoms with van der Waals surface area (Å²) in [4.78, 5) is 7.44. The van der Waals surface area contributed by atoms with Gasteiger partial charge in [-0.15, -0.1) is 11.3 Å². The molecule has 1 atom stereocenters. The van der Waals surface area contributed by atoms with E-state index >= 15 is 0 Å². The zero-order chi connectivity index (χ0) is 14.6. The maximum Gasteiger partial charge on any atom is 0.107 e. The van der Waals surface area contributed by atoms with E-state index in [-0.39, 0.29) is 5.41 Å². The van der Waals surface area contributed by atoms with Gasteiger partial charge >= 0.3 is 0 Å². The second kappa shape index (κ2) is 7.01. The monoisotopic (exact) mass is 295 g/mol. The van der Waals surface area contributed by atoms with E-state index < -0.39 is 0 Å². The molecule has 0 spiro atoms. The summed E-state index contributed by atoms with van der Waals surface area (Å²) in [6.45, 7) is 13.4. The van der Waals surface area contributed by atoms with E-state index in [0.717, 1.165) is 19.6 Å². The van der Waals surface area contributed by atoms with Gasteiger partial charge in [0.25, 0.3) is 0 Å². The van der Waals surface area contributed by atoms with Gasteiger partial charge in [0.15, 0.2) is 0 Å². The topological polar surface area (TPSA) is 28.2 Å². The third-order valence-electron chi connectivity index (χ3n) is 3.96. The van der Waals surface area contributed by atoms with E-state index in [9.17, 15) is 0 Å². The molecule has 2 heterocycles. The summed E-state index contributed by atoms with van der Waals surface area (Å²) in [5.74, 6) is 0. The molecule has 2 rings (SSSR count). The normalized spacial score (nSPS) is 20.7. The Labute approximate surface area is 127 Å². The summed E-state index contributed by atoms with van der Waals surface area (Å²) in [6.07, 6.45) is 3.87. The molecule has 1 aromatic heterocycles. The lowest BCUT2D eigenvalue weighted by atomic mass is 9.93. The molecule has 20 heavy (non-hydrogen) atoms. The van der Waals surface area contributed by atoms with Crippen LogP contribution in [0.15, 0.2) is 5.38 Å². The quantitative estimate of drug-likeness (QED) is 0.815. The maximum absolute atomic E-state index is 4.83. The van der Waals surface area contributed by atoms with Crippen LogP contribution >= 0.6 is 11.3 Å².